The summed E-state index contributed by atoms with van der Waals surface area (Å²) >= 11 is 0. The van der Waals surface area contributed by atoms with E-state index in [1.807, 2.05) is 12.1 Å². The van der Waals surface area contributed by atoms with Crippen molar-refractivity contribution in [1.29, 1.82) is 0 Å². The first-order valence-electron chi connectivity index (χ1n) is 8.24. The minimum atomic E-state index is -1.03. The van der Waals surface area contributed by atoms with E-state index in [1.54, 1.807) is 7.11 Å². The summed E-state index contributed by atoms with van der Waals surface area (Å²) in [5.41, 5.74) is 3.02. The molecule has 0 unspecified atom stereocenters. The Morgan fingerprint density at radius 2 is 1.86 bits per heavy atom. The number of rotatable bonds is 4. The molecule has 1 aliphatic rings. The van der Waals surface area contributed by atoms with Crippen LogP contribution in [0.5, 0.6) is 5.75 Å². The van der Waals surface area contributed by atoms with Crippen LogP contribution in [-0.4, -0.2) is 13.1 Å². The van der Waals surface area contributed by atoms with Crippen LogP contribution in [0.25, 0.3) is 0 Å². The third kappa shape index (κ3) is 3.82. The van der Waals surface area contributed by atoms with Crippen LogP contribution in [-0.2, 0) is 16.6 Å². The summed E-state index contributed by atoms with van der Waals surface area (Å²) in [6.07, 6.45) is 6.06. The van der Waals surface area contributed by atoms with Gasteiger partial charge in [-0.25, -0.2) is 0 Å². The standard InChI is InChI=1S/C19H28O3/c1-19(2,3)16-11-13(12-17(20)21)10-15(18(16)22-4)14-8-6-5-7-9-14/h10-11,14H,5-9,12H2,1-4H3,(H,20,21)/p-1. The van der Waals surface area contributed by atoms with E-state index in [0.717, 1.165) is 29.7 Å². The highest BCUT2D eigenvalue weighted by molar-refractivity contribution is 5.69. The summed E-state index contributed by atoms with van der Waals surface area (Å²) in [6, 6.07) is 4.00. The van der Waals surface area contributed by atoms with Gasteiger partial charge in [-0.15, -0.1) is 0 Å². The van der Waals surface area contributed by atoms with Crippen LogP contribution < -0.4 is 9.84 Å². The second kappa shape index (κ2) is 6.72. The van der Waals surface area contributed by atoms with Crippen molar-refractivity contribution in [3.63, 3.8) is 0 Å². The molecule has 0 amide bonds. The van der Waals surface area contributed by atoms with Gasteiger partial charge in [0.1, 0.15) is 5.75 Å². The summed E-state index contributed by atoms with van der Waals surface area (Å²) in [6.45, 7) is 6.41. The smallest absolute Gasteiger partial charge is 0.126 e. The van der Waals surface area contributed by atoms with Crippen molar-refractivity contribution in [2.75, 3.05) is 7.11 Å². The Hall–Kier alpha value is -1.51. The molecule has 22 heavy (non-hydrogen) atoms. The maximum atomic E-state index is 11.0. The molecule has 1 aliphatic carbocycles. The third-order valence-electron chi connectivity index (χ3n) is 4.58. The molecule has 2 rings (SSSR count). The Kier molecular flexibility index (Phi) is 5.15. The van der Waals surface area contributed by atoms with Gasteiger partial charge in [0.15, 0.2) is 0 Å². The molecule has 0 spiro atoms. The molecule has 0 heterocycles. The van der Waals surface area contributed by atoms with Crippen LogP contribution in [0.15, 0.2) is 12.1 Å². The fourth-order valence-corrected chi connectivity index (χ4v) is 3.48. The van der Waals surface area contributed by atoms with Crippen molar-refractivity contribution in [2.24, 2.45) is 0 Å². The minimum absolute atomic E-state index is 0.0349. The van der Waals surface area contributed by atoms with Crippen molar-refractivity contribution >= 4 is 5.97 Å². The fourth-order valence-electron chi connectivity index (χ4n) is 3.48. The maximum absolute atomic E-state index is 11.0. The topological polar surface area (TPSA) is 49.4 Å². The zero-order valence-corrected chi connectivity index (χ0v) is 14.2. The van der Waals surface area contributed by atoms with Gasteiger partial charge in [-0.1, -0.05) is 52.2 Å². The van der Waals surface area contributed by atoms with Crippen molar-refractivity contribution in [3.05, 3.63) is 28.8 Å². The van der Waals surface area contributed by atoms with Crippen molar-refractivity contribution in [3.8, 4) is 5.75 Å². The summed E-state index contributed by atoms with van der Waals surface area (Å²) in [4.78, 5) is 11.0. The van der Waals surface area contributed by atoms with E-state index in [2.05, 4.69) is 20.8 Å². The number of benzene rings is 1. The Bertz CT molecular complexity index is 534. The quantitative estimate of drug-likeness (QED) is 0.857. The van der Waals surface area contributed by atoms with Gasteiger partial charge < -0.3 is 14.6 Å². The lowest BCUT2D eigenvalue weighted by molar-refractivity contribution is -0.304. The molecule has 0 radical (unpaired) electrons. The van der Waals surface area contributed by atoms with Crippen LogP contribution in [0.4, 0.5) is 0 Å². The second-order valence-electron chi connectivity index (χ2n) is 7.40. The molecule has 0 bridgehead atoms. The largest absolute Gasteiger partial charge is 0.550 e. The van der Waals surface area contributed by atoms with E-state index < -0.39 is 5.97 Å². The molecule has 3 heteroatoms. The zero-order chi connectivity index (χ0) is 16.3. The lowest BCUT2D eigenvalue weighted by Gasteiger charge is -2.30. The fraction of sp³-hybridized carbons (Fsp3) is 0.632. The van der Waals surface area contributed by atoms with Gasteiger partial charge in [0.25, 0.3) is 0 Å². The summed E-state index contributed by atoms with van der Waals surface area (Å²) in [5.74, 6) is 0.396. The highest BCUT2D eigenvalue weighted by Crippen LogP contribution is 2.43. The number of hydrogen-bond donors (Lipinski definition) is 0. The van der Waals surface area contributed by atoms with E-state index in [-0.39, 0.29) is 11.8 Å². The monoisotopic (exact) mass is 303 g/mol. The molecule has 1 aromatic rings. The first-order valence-corrected chi connectivity index (χ1v) is 8.24. The molecular weight excluding hydrogens is 276 g/mol. The number of ether oxygens (including phenoxy) is 1. The SMILES string of the molecule is COc1c(C2CCCCC2)cc(CC(=O)[O-])cc1C(C)(C)C. The van der Waals surface area contributed by atoms with E-state index in [4.69, 9.17) is 4.74 Å². The zero-order valence-electron chi connectivity index (χ0n) is 14.2. The summed E-state index contributed by atoms with van der Waals surface area (Å²) in [7, 11) is 1.72. The lowest BCUT2D eigenvalue weighted by Crippen LogP contribution is -2.25. The molecule has 0 atom stereocenters. The van der Waals surface area contributed by atoms with Gasteiger partial charge in [0.05, 0.1) is 7.11 Å². The summed E-state index contributed by atoms with van der Waals surface area (Å²) in [5, 5.41) is 11.0. The highest BCUT2D eigenvalue weighted by Gasteiger charge is 2.26. The number of carboxylic acid groups (broad SMARTS) is 1. The van der Waals surface area contributed by atoms with Crippen LogP contribution in [0.1, 0.15) is 75.5 Å². The Balaban J connectivity index is 2.54. The average molecular weight is 303 g/mol. The molecule has 0 N–H and O–H groups in total. The Morgan fingerprint density at radius 1 is 1.23 bits per heavy atom. The molecule has 1 fully saturated rings. The molecule has 3 nitrogen and oxygen atoms in total. The predicted molar refractivity (Wildman–Crippen MR) is 86.2 cm³/mol. The molecule has 0 saturated heterocycles. The minimum Gasteiger partial charge on any atom is -0.550 e. The molecule has 0 aliphatic heterocycles. The number of aliphatic carboxylic acids is 1. The van der Waals surface area contributed by atoms with Gasteiger partial charge in [-0.3, -0.25) is 0 Å². The maximum Gasteiger partial charge on any atom is 0.126 e. The molecule has 1 aromatic carbocycles. The molecule has 122 valence electrons. The van der Waals surface area contributed by atoms with Gasteiger partial charge in [-0.2, -0.15) is 0 Å². The van der Waals surface area contributed by atoms with Crippen molar-refractivity contribution in [1.82, 2.24) is 0 Å². The lowest BCUT2D eigenvalue weighted by atomic mass is 9.78. The first kappa shape index (κ1) is 16.9. The molecule has 0 aromatic heterocycles. The third-order valence-corrected chi connectivity index (χ3v) is 4.58. The number of methoxy groups -OCH3 is 1. The number of carboxylic acids is 1. The Morgan fingerprint density at radius 3 is 2.36 bits per heavy atom. The number of hydrogen-bond acceptors (Lipinski definition) is 3. The normalized spacial score (nSPS) is 16.5. The molecule has 1 saturated carbocycles. The summed E-state index contributed by atoms with van der Waals surface area (Å²) < 4.78 is 5.75. The predicted octanol–water partition coefficient (Wildman–Crippen LogP) is 3.33. The van der Waals surface area contributed by atoms with E-state index in [0.29, 0.717) is 5.92 Å². The first-order chi connectivity index (χ1) is 10.3. The van der Waals surface area contributed by atoms with Crippen molar-refractivity contribution < 1.29 is 14.6 Å². The number of carbonyl (C=O) groups is 1. The van der Waals surface area contributed by atoms with Crippen LogP contribution in [0.3, 0.4) is 0 Å². The Labute approximate surface area is 133 Å². The van der Waals surface area contributed by atoms with Crippen LogP contribution in [0.2, 0.25) is 0 Å². The van der Waals surface area contributed by atoms with E-state index in [1.165, 1.54) is 24.8 Å². The average Bonchev–Trinajstić information content (AvgIpc) is 2.45. The van der Waals surface area contributed by atoms with Gasteiger partial charge in [-0.05, 0) is 35.3 Å². The van der Waals surface area contributed by atoms with E-state index >= 15 is 0 Å². The second-order valence-corrected chi connectivity index (χ2v) is 7.40. The van der Waals surface area contributed by atoms with Crippen LogP contribution >= 0.6 is 0 Å². The van der Waals surface area contributed by atoms with Gasteiger partial charge in [0.2, 0.25) is 0 Å². The van der Waals surface area contributed by atoms with Crippen molar-refractivity contribution in [2.45, 2.75) is 70.6 Å². The van der Waals surface area contributed by atoms with Gasteiger partial charge in [0, 0.05) is 18.0 Å². The molecular formula is C19H27O3-. The van der Waals surface area contributed by atoms with Gasteiger partial charge >= 0.3 is 0 Å². The number of carbonyl (C=O) groups excluding carboxylic acids is 1. The van der Waals surface area contributed by atoms with E-state index in [9.17, 15) is 9.90 Å². The highest BCUT2D eigenvalue weighted by atomic mass is 16.5. The van der Waals surface area contributed by atoms with Crippen LogP contribution in [0, 0.1) is 0 Å².